The number of benzene rings is 1. The van der Waals surface area contributed by atoms with E-state index in [4.69, 9.17) is 21.1 Å². The Kier molecular flexibility index (Phi) is 8.29. The van der Waals surface area contributed by atoms with Gasteiger partial charge in [0, 0.05) is 11.9 Å². The maximum atomic E-state index is 13.2. The van der Waals surface area contributed by atoms with Gasteiger partial charge in [0.15, 0.2) is 0 Å². The fourth-order valence-corrected chi connectivity index (χ4v) is 4.69. The molecule has 0 aliphatic heterocycles. The van der Waals surface area contributed by atoms with E-state index in [1.54, 1.807) is 0 Å². The number of aryl methyl sites for hydroxylation is 1. The third kappa shape index (κ3) is 5.93. The smallest absolute Gasteiger partial charge is 0.431 e. The number of ether oxygens (including phenoxy) is 2. The monoisotopic (exact) mass is 521 g/mol. The SMILES string of the molecule is CSc1c(C(F)(F)F)ccc(C(=O)/N=c2/n(C)nnn2C(C)OC(=O)OC2CCCCC2)c1Cl. The summed E-state index contributed by atoms with van der Waals surface area (Å²) in [5.74, 6) is -0.912. The molecule has 0 spiro atoms. The molecule has 0 radical (unpaired) electrons. The van der Waals surface area contributed by atoms with Gasteiger partial charge in [0.05, 0.1) is 16.1 Å². The highest BCUT2D eigenvalue weighted by atomic mass is 35.5. The molecule has 1 aliphatic carbocycles. The molecule has 1 fully saturated rings. The van der Waals surface area contributed by atoms with Gasteiger partial charge in [0.25, 0.3) is 11.5 Å². The summed E-state index contributed by atoms with van der Waals surface area (Å²) in [7, 11) is 1.45. The van der Waals surface area contributed by atoms with Gasteiger partial charge in [0.2, 0.25) is 6.23 Å². The number of amides is 1. The maximum absolute atomic E-state index is 13.2. The molecule has 2 aromatic rings. The molecule has 1 aromatic heterocycles. The van der Waals surface area contributed by atoms with E-state index in [9.17, 15) is 22.8 Å². The van der Waals surface area contributed by atoms with Crippen molar-refractivity contribution in [2.75, 3.05) is 6.26 Å². The Labute approximate surface area is 202 Å². The molecule has 0 saturated heterocycles. The first-order chi connectivity index (χ1) is 16.0. The Balaban J connectivity index is 1.85. The van der Waals surface area contributed by atoms with Crippen molar-refractivity contribution in [3.63, 3.8) is 0 Å². The molecule has 34 heavy (non-hydrogen) atoms. The normalized spacial score (nSPS) is 16.4. The number of aromatic nitrogens is 4. The van der Waals surface area contributed by atoms with Crippen molar-refractivity contribution in [3.05, 3.63) is 33.9 Å². The fourth-order valence-electron chi connectivity index (χ4n) is 3.52. The number of nitrogens with zero attached hydrogens (tertiary/aromatic N) is 5. The average Bonchev–Trinajstić information content (AvgIpc) is 3.13. The van der Waals surface area contributed by atoms with Crippen LogP contribution in [0.25, 0.3) is 0 Å². The summed E-state index contributed by atoms with van der Waals surface area (Å²) >= 11 is 6.89. The Morgan fingerprint density at radius 2 is 1.91 bits per heavy atom. The van der Waals surface area contributed by atoms with Gasteiger partial charge in [-0.15, -0.1) is 11.8 Å². The second kappa shape index (κ2) is 10.8. The third-order valence-corrected chi connectivity index (χ3v) is 6.57. The van der Waals surface area contributed by atoms with Crippen LogP contribution in [0.3, 0.4) is 0 Å². The first kappa shape index (κ1) is 26.1. The number of hydrogen-bond acceptors (Lipinski definition) is 7. The summed E-state index contributed by atoms with van der Waals surface area (Å²) in [5.41, 5.74) is -1.28. The molecule has 1 heterocycles. The Morgan fingerprint density at radius 1 is 1.24 bits per heavy atom. The van der Waals surface area contributed by atoms with E-state index >= 15 is 0 Å². The van der Waals surface area contributed by atoms with Crippen LogP contribution in [0, 0.1) is 0 Å². The maximum Gasteiger partial charge on any atom is 0.510 e. The topological polar surface area (TPSA) is 101 Å². The zero-order chi connectivity index (χ0) is 25.0. The molecule has 14 heteroatoms. The van der Waals surface area contributed by atoms with E-state index in [0.29, 0.717) is 0 Å². The summed E-state index contributed by atoms with van der Waals surface area (Å²) in [4.78, 5) is 28.6. The van der Waals surface area contributed by atoms with Gasteiger partial charge in [-0.1, -0.05) is 18.0 Å². The van der Waals surface area contributed by atoms with Gasteiger partial charge in [-0.25, -0.2) is 9.48 Å². The van der Waals surface area contributed by atoms with Crippen molar-refractivity contribution in [1.82, 2.24) is 19.8 Å². The lowest BCUT2D eigenvalue weighted by molar-refractivity contribution is -0.139. The van der Waals surface area contributed by atoms with Crippen LogP contribution in [0.2, 0.25) is 5.02 Å². The van der Waals surface area contributed by atoms with Crippen LogP contribution in [-0.2, 0) is 22.7 Å². The van der Waals surface area contributed by atoms with E-state index < -0.39 is 30.0 Å². The Hall–Kier alpha value is -2.54. The minimum Gasteiger partial charge on any atom is -0.431 e. The van der Waals surface area contributed by atoms with E-state index in [1.165, 1.54) is 20.2 Å². The number of hydrogen-bond donors (Lipinski definition) is 0. The summed E-state index contributed by atoms with van der Waals surface area (Å²) in [6.45, 7) is 1.48. The number of tetrazole rings is 1. The molecule has 186 valence electrons. The quantitative estimate of drug-likeness (QED) is 0.413. The molecule has 1 unspecified atom stereocenters. The molecule has 1 aliphatic rings. The van der Waals surface area contributed by atoms with Crippen LogP contribution in [0.15, 0.2) is 22.0 Å². The Bertz CT molecular complexity index is 1130. The Morgan fingerprint density at radius 3 is 2.53 bits per heavy atom. The van der Waals surface area contributed by atoms with E-state index in [0.717, 1.165) is 65.4 Å². The van der Waals surface area contributed by atoms with Gasteiger partial charge < -0.3 is 9.47 Å². The third-order valence-electron chi connectivity index (χ3n) is 5.23. The number of alkyl halides is 3. The van der Waals surface area contributed by atoms with Crippen molar-refractivity contribution >= 4 is 35.4 Å². The molecular formula is C20H23ClF3N5O4S. The second-order valence-electron chi connectivity index (χ2n) is 7.61. The number of carbonyl (C=O) groups is 2. The van der Waals surface area contributed by atoms with Crippen LogP contribution in [-0.4, -0.2) is 44.2 Å². The van der Waals surface area contributed by atoms with Crippen LogP contribution in [0.4, 0.5) is 18.0 Å². The molecule has 0 bridgehead atoms. The zero-order valence-corrected chi connectivity index (χ0v) is 20.2. The number of halogens is 4. The van der Waals surface area contributed by atoms with E-state index in [2.05, 4.69) is 15.4 Å². The highest BCUT2D eigenvalue weighted by molar-refractivity contribution is 7.98. The molecule has 0 N–H and O–H groups in total. The van der Waals surface area contributed by atoms with E-state index in [-0.39, 0.29) is 27.2 Å². The molecular weight excluding hydrogens is 499 g/mol. The van der Waals surface area contributed by atoms with Gasteiger partial charge in [-0.3, -0.25) is 4.79 Å². The van der Waals surface area contributed by atoms with Crippen molar-refractivity contribution in [2.24, 2.45) is 12.0 Å². The standard InChI is InChI=1S/C20H23ClF3N5O4S/c1-11(32-19(31)33-12-7-5-4-6-8-12)29-18(28(2)26-27-29)25-17(30)13-9-10-14(20(22,23)24)16(34-3)15(13)21/h9-12H,4-8H2,1-3H3/b25-18-. The summed E-state index contributed by atoms with van der Waals surface area (Å²) in [6.07, 6.45) is -0.747. The highest BCUT2D eigenvalue weighted by Gasteiger charge is 2.35. The molecule has 1 aromatic carbocycles. The average molecular weight is 522 g/mol. The minimum atomic E-state index is -4.63. The van der Waals surface area contributed by atoms with Crippen LogP contribution in [0.5, 0.6) is 0 Å². The van der Waals surface area contributed by atoms with Gasteiger partial charge in [-0.2, -0.15) is 22.8 Å². The van der Waals surface area contributed by atoms with Crippen LogP contribution in [0.1, 0.15) is 61.2 Å². The van der Waals surface area contributed by atoms with Crippen LogP contribution < -0.4 is 5.62 Å². The highest BCUT2D eigenvalue weighted by Crippen LogP contribution is 2.41. The summed E-state index contributed by atoms with van der Waals surface area (Å²) in [6, 6.07) is 1.75. The zero-order valence-electron chi connectivity index (χ0n) is 18.6. The lowest BCUT2D eigenvalue weighted by Gasteiger charge is -2.22. The van der Waals surface area contributed by atoms with Crippen molar-refractivity contribution in [3.8, 4) is 0 Å². The van der Waals surface area contributed by atoms with Gasteiger partial charge in [0.1, 0.15) is 6.10 Å². The van der Waals surface area contributed by atoms with Gasteiger partial charge >= 0.3 is 12.3 Å². The number of rotatable bonds is 5. The first-order valence-corrected chi connectivity index (χ1v) is 12.0. The first-order valence-electron chi connectivity index (χ1n) is 10.4. The lowest BCUT2D eigenvalue weighted by Crippen LogP contribution is -2.32. The predicted molar refractivity (Wildman–Crippen MR) is 116 cm³/mol. The van der Waals surface area contributed by atoms with Gasteiger partial charge in [-0.05, 0) is 61.4 Å². The fraction of sp³-hybridized carbons (Fsp3) is 0.550. The summed E-state index contributed by atoms with van der Waals surface area (Å²) < 4.78 is 52.5. The minimum absolute atomic E-state index is 0.107. The van der Waals surface area contributed by atoms with Crippen molar-refractivity contribution < 1.29 is 32.2 Å². The van der Waals surface area contributed by atoms with Crippen LogP contribution >= 0.6 is 23.4 Å². The second-order valence-corrected chi connectivity index (χ2v) is 8.81. The molecule has 1 saturated carbocycles. The number of thioether (sulfide) groups is 1. The molecule has 1 atom stereocenters. The molecule has 1 amide bonds. The largest absolute Gasteiger partial charge is 0.510 e. The van der Waals surface area contributed by atoms with Crippen molar-refractivity contribution in [1.29, 1.82) is 0 Å². The van der Waals surface area contributed by atoms with Crippen molar-refractivity contribution in [2.45, 2.75) is 62.4 Å². The lowest BCUT2D eigenvalue weighted by atomic mass is 9.98. The summed E-state index contributed by atoms with van der Waals surface area (Å²) in [5, 5.41) is 7.24. The predicted octanol–water partition coefficient (Wildman–Crippen LogP) is 4.76. The molecule has 9 nitrogen and oxygen atoms in total. The number of carbonyl (C=O) groups excluding carboxylic acids is 2. The molecule has 3 rings (SSSR count). The van der Waals surface area contributed by atoms with E-state index in [1.807, 2.05) is 0 Å².